The summed E-state index contributed by atoms with van der Waals surface area (Å²) in [5.74, 6) is 2.42. The molecule has 152 valence electrons. The standard InChI is InChI=1S/C20H31N7O/c1-16-18(13-24(2)23-16)14-25-9-11-27(12-10-25)20-19(21-5-6-22-20)26-7-3-17(15-28)4-8-26/h5-6,13,17,28H,3-4,7-12,14-15H2,1-2H3. The number of piperidine rings is 1. The Morgan fingerprint density at radius 1 is 0.964 bits per heavy atom. The van der Waals surface area contributed by atoms with Crippen LogP contribution in [-0.2, 0) is 13.6 Å². The zero-order chi connectivity index (χ0) is 19.5. The third kappa shape index (κ3) is 4.12. The van der Waals surface area contributed by atoms with E-state index < -0.39 is 0 Å². The smallest absolute Gasteiger partial charge is 0.172 e. The zero-order valence-corrected chi connectivity index (χ0v) is 17.0. The van der Waals surface area contributed by atoms with Gasteiger partial charge in [0.25, 0.3) is 0 Å². The van der Waals surface area contributed by atoms with Crippen molar-refractivity contribution in [3.8, 4) is 0 Å². The number of anilines is 2. The molecule has 2 saturated heterocycles. The average molecular weight is 386 g/mol. The Balaban J connectivity index is 1.39. The Kier molecular flexibility index (Phi) is 5.77. The van der Waals surface area contributed by atoms with Crippen molar-refractivity contribution >= 4 is 11.6 Å². The Hall–Kier alpha value is -2.19. The molecule has 0 aromatic carbocycles. The van der Waals surface area contributed by atoms with E-state index in [4.69, 9.17) is 0 Å². The van der Waals surface area contributed by atoms with E-state index in [1.165, 1.54) is 5.56 Å². The van der Waals surface area contributed by atoms with Crippen molar-refractivity contribution in [2.24, 2.45) is 13.0 Å². The fraction of sp³-hybridized carbons (Fsp3) is 0.650. The first-order valence-electron chi connectivity index (χ1n) is 10.3. The highest BCUT2D eigenvalue weighted by Gasteiger charge is 2.26. The predicted molar refractivity (Wildman–Crippen MR) is 109 cm³/mol. The van der Waals surface area contributed by atoms with Crippen LogP contribution in [0, 0.1) is 12.8 Å². The quantitative estimate of drug-likeness (QED) is 0.825. The van der Waals surface area contributed by atoms with Crippen LogP contribution in [0.25, 0.3) is 0 Å². The Morgan fingerprint density at radius 3 is 2.11 bits per heavy atom. The molecule has 4 heterocycles. The Bertz CT molecular complexity index is 777. The molecular weight excluding hydrogens is 354 g/mol. The van der Waals surface area contributed by atoms with Gasteiger partial charge in [-0.1, -0.05) is 0 Å². The highest BCUT2D eigenvalue weighted by Crippen LogP contribution is 2.29. The van der Waals surface area contributed by atoms with Crippen LogP contribution < -0.4 is 9.80 Å². The van der Waals surface area contributed by atoms with Crippen molar-refractivity contribution in [1.82, 2.24) is 24.6 Å². The molecule has 8 heteroatoms. The summed E-state index contributed by atoms with van der Waals surface area (Å²) in [4.78, 5) is 16.5. The van der Waals surface area contributed by atoms with Gasteiger partial charge >= 0.3 is 0 Å². The van der Waals surface area contributed by atoms with Gasteiger partial charge in [0.05, 0.1) is 5.69 Å². The normalized spacial score (nSPS) is 19.4. The van der Waals surface area contributed by atoms with Gasteiger partial charge in [-0.05, 0) is 25.7 Å². The lowest BCUT2D eigenvalue weighted by Gasteiger charge is -2.38. The van der Waals surface area contributed by atoms with Crippen molar-refractivity contribution in [3.63, 3.8) is 0 Å². The first kappa shape index (κ1) is 19.1. The third-order valence-electron chi connectivity index (χ3n) is 6.01. The highest BCUT2D eigenvalue weighted by atomic mass is 16.3. The summed E-state index contributed by atoms with van der Waals surface area (Å²) >= 11 is 0. The number of rotatable bonds is 5. The molecule has 28 heavy (non-hydrogen) atoms. The lowest BCUT2D eigenvalue weighted by molar-refractivity contribution is 0.202. The maximum absolute atomic E-state index is 9.39. The Labute approximate surface area is 166 Å². The van der Waals surface area contributed by atoms with Gasteiger partial charge < -0.3 is 14.9 Å². The fourth-order valence-electron chi connectivity index (χ4n) is 4.26. The molecule has 1 N–H and O–H groups in total. The molecule has 0 atom stereocenters. The molecule has 0 amide bonds. The number of piperazine rings is 1. The number of aryl methyl sites for hydroxylation is 2. The molecular formula is C20H31N7O. The van der Waals surface area contributed by atoms with Crippen LogP contribution in [0.1, 0.15) is 24.1 Å². The lowest BCUT2D eigenvalue weighted by atomic mass is 9.98. The minimum atomic E-state index is 0.291. The zero-order valence-electron chi connectivity index (χ0n) is 17.0. The molecule has 8 nitrogen and oxygen atoms in total. The summed E-state index contributed by atoms with van der Waals surface area (Å²) in [6, 6.07) is 0. The van der Waals surface area contributed by atoms with Crippen LogP contribution in [0.3, 0.4) is 0 Å². The molecule has 4 rings (SSSR count). The average Bonchev–Trinajstić information content (AvgIpc) is 3.05. The van der Waals surface area contributed by atoms with E-state index in [0.29, 0.717) is 12.5 Å². The molecule has 0 bridgehead atoms. The second kappa shape index (κ2) is 8.45. The van der Waals surface area contributed by atoms with Crippen molar-refractivity contribution < 1.29 is 5.11 Å². The molecule has 0 radical (unpaired) electrons. The molecule has 2 aliphatic heterocycles. The van der Waals surface area contributed by atoms with Crippen LogP contribution in [0.15, 0.2) is 18.6 Å². The molecule has 2 fully saturated rings. The SMILES string of the molecule is Cc1nn(C)cc1CN1CCN(c2nccnc2N2CCC(CO)CC2)CC1. The van der Waals surface area contributed by atoms with Crippen LogP contribution in [-0.4, -0.2) is 75.6 Å². The van der Waals surface area contributed by atoms with E-state index in [2.05, 4.69) is 42.9 Å². The molecule has 2 aromatic heterocycles. The summed E-state index contributed by atoms with van der Waals surface area (Å²) in [6.07, 6.45) is 7.75. The van der Waals surface area contributed by atoms with Gasteiger partial charge in [-0.2, -0.15) is 5.10 Å². The van der Waals surface area contributed by atoms with Crippen molar-refractivity contribution in [2.75, 3.05) is 55.7 Å². The summed E-state index contributed by atoms with van der Waals surface area (Å²) in [5, 5.41) is 13.8. The molecule has 0 unspecified atom stereocenters. The largest absolute Gasteiger partial charge is 0.396 e. The van der Waals surface area contributed by atoms with E-state index in [9.17, 15) is 5.11 Å². The predicted octanol–water partition coefficient (Wildman–Crippen LogP) is 1.05. The molecule has 0 saturated carbocycles. The van der Waals surface area contributed by atoms with Gasteiger partial charge in [-0.15, -0.1) is 0 Å². The Morgan fingerprint density at radius 2 is 1.57 bits per heavy atom. The number of hydrogen-bond acceptors (Lipinski definition) is 7. The van der Waals surface area contributed by atoms with Gasteiger partial charge in [0.15, 0.2) is 11.6 Å². The third-order valence-corrected chi connectivity index (χ3v) is 6.01. The number of aromatic nitrogens is 4. The molecule has 0 aliphatic carbocycles. The van der Waals surface area contributed by atoms with Gasteiger partial charge in [0.2, 0.25) is 0 Å². The van der Waals surface area contributed by atoms with E-state index in [0.717, 1.165) is 76.0 Å². The van der Waals surface area contributed by atoms with E-state index in [1.807, 2.05) is 11.7 Å². The van der Waals surface area contributed by atoms with Crippen molar-refractivity contribution in [3.05, 3.63) is 29.8 Å². The summed E-state index contributed by atoms with van der Waals surface area (Å²) in [7, 11) is 1.98. The van der Waals surface area contributed by atoms with Crippen LogP contribution in [0.5, 0.6) is 0 Å². The number of aliphatic hydroxyl groups excluding tert-OH is 1. The maximum Gasteiger partial charge on any atom is 0.172 e. The van der Waals surface area contributed by atoms with Crippen LogP contribution in [0.2, 0.25) is 0 Å². The maximum atomic E-state index is 9.39. The summed E-state index contributed by atoms with van der Waals surface area (Å²) in [6.45, 7) is 9.14. The minimum Gasteiger partial charge on any atom is -0.396 e. The topological polar surface area (TPSA) is 73.6 Å². The monoisotopic (exact) mass is 385 g/mol. The van der Waals surface area contributed by atoms with E-state index >= 15 is 0 Å². The number of nitrogens with zero attached hydrogens (tertiary/aromatic N) is 7. The first-order chi connectivity index (χ1) is 13.6. The lowest BCUT2D eigenvalue weighted by Crippen LogP contribution is -2.47. The number of aliphatic hydroxyl groups is 1. The van der Waals surface area contributed by atoms with E-state index in [1.54, 1.807) is 12.4 Å². The molecule has 2 aliphatic rings. The second-order valence-electron chi connectivity index (χ2n) is 7.99. The highest BCUT2D eigenvalue weighted by molar-refractivity contribution is 5.62. The second-order valence-corrected chi connectivity index (χ2v) is 7.99. The van der Waals surface area contributed by atoms with Crippen LogP contribution in [0.4, 0.5) is 11.6 Å². The van der Waals surface area contributed by atoms with Crippen molar-refractivity contribution in [2.45, 2.75) is 26.3 Å². The van der Waals surface area contributed by atoms with Crippen LogP contribution >= 0.6 is 0 Å². The minimum absolute atomic E-state index is 0.291. The van der Waals surface area contributed by atoms with Gasteiger partial charge in [-0.3, -0.25) is 9.58 Å². The summed E-state index contributed by atoms with van der Waals surface area (Å²) in [5.41, 5.74) is 2.43. The first-order valence-corrected chi connectivity index (χ1v) is 10.3. The fourth-order valence-corrected chi connectivity index (χ4v) is 4.26. The molecule has 0 spiro atoms. The molecule has 2 aromatic rings. The van der Waals surface area contributed by atoms with Gasteiger partial charge in [0.1, 0.15) is 0 Å². The van der Waals surface area contributed by atoms with Crippen molar-refractivity contribution in [1.29, 1.82) is 0 Å². The van der Waals surface area contributed by atoms with E-state index in [-0.39, 0.29) is 0 Å². The summed E-state index contributed by atoms with van der Waals surface area (Å²) < 4.78 is 1.90. The van der Waals surface area contributed by atoms with Gasteiger partial charge in [-0.25, -0.2) is 9.97 Å². The number of hydrogen-bond donors (Lipinski definition) is 1. The van der Waals surface area contributed by atoms with Gasteiger partial charge in [0, 0.05) is 83.6 Å².